The van der Waals surface area contributed by atoms with Crippen molar-refractivity contribution in [2.45, 2.75) is 6.61 Å². The first-order valence-corrected chi connectivity index (χ1v) is 7.30. The van der Waals surface area contributed by atoms with Crippen molar-refractivity contribution < 1.29 is 14.6 Å². The van der Waals surface area contributed by atoms with Gasteiger partial charge in [0.2, 0.25) is 0 Å². The summed E-state index contributed by atoms with van der Waals surface area (Å²) in [4.78, 5) is 10.6. The number of rotatable bonds is 5. The summed E-state index contributed by atoms with van der Waals surface area (Å²) >= 11 is 9.49. The molecule has 0 aliphatic rings. The minimum atomic E-state index is -1.03. The van der Waals surface area contributed by atoms with E-state index >= 15 is 0 Å². The Labute approximate surface area is 135 Å². The van der Waals surface area contributed by atoms with Gasteiger partial charge in [-0.05, 0) is 35.9 Å². The highest BCUT2D eigenvalue weighted by atomic mass is 79.9. The molecule has 2 aromatic rings. The normalized spacial score (nSPS) is 10.8. The molecule has 1 N–H and O–H groups in total. The summed E-state index contributed by atoms with van der Waals surface area (Å²) in [5.41, 5.74) is 1.55. The lowest BCUT2D eigenvalue weighted by molar-refractivity contribution is -0.131. The molecule has 5 heteroatoms. The fraction of sp³-hybridized carbons (Fsp3) is 0.0625. The minimum Gasteiger partial charge on any atom is -0.488 e. The van der Waals surface area contributed by atoms with Crippen LogP contribution in [0.5, 0.6) is 5.75 Å². The molecule has 108 valence electrons. The Balaban J connectivity index is 2.20. The molecule has 3 nitrogen and oxygen atoms in total. The van der Waals surface area contributed by atoms with Crippen LogP contribution in [0.3, 0.4) is 0 Å². The molecule has 0 amide bonds. The number of aliphatic carboxylic acids is 1. The Morgan fingerprint density at radius 3 is 2.76 bits per heavy atom. The monoisotopic (exact) mass is 366 g/mol. The molecule has 2 rings (SSSR count). The molecular weight excluding hydrogens is 356 g/mol. The van der Waals surface area contributed by atoms with Gasteiger partial charge in [0, 0.05) is 16.1 Å². The molecule has 0 radical (unpaired) electrons. The van der Waals surface area contributed by atoms with E-state index in [-0.39, 0.29) is 0 Å². The van der Waals surface area contributed by atoms with Gasteiger partial charge in [-0.3, -0.25) is 0 Å². The van der Waals surface area contributed by atoms with Crippen molar-refractivity contribution in [1.82, 2.24) is 0 Å². The molecule has 0 fully saturated rings. The number of benzene rings is 2. The van der Waals surface area contributed by atoms with Crippen molar-refractivity contribution >= 4 is 39.6 Å². The second-order valence-electron chi connectivity index (χ2n) is 4.24. The lowest BCUT2D eigenvalue weighted by Crippen LogP contribution is -1.97. The fourth-order valence-electron chi connectivity index (χ4n) is 1.75. The summed E-state index contributed by atoms with van der Waals surface area (Å²) in [5.74, 6) is -0.493. The van der Waals surface area contributed by atoms with Gasteiger partial charge in [-0.25, -0.2) is 4.79 Å². The van der Waals surface area contributed by atoms with Gasteiger partial charge >= 0.3 is 5.97 Å². The van der Waals surface area contributed by atoms with Crippen LogP contribution in [0.2, 0.25) is 5.02 Å². The Kier molecular flexibility index (Phi) is 5.42. The van der Waals surface area contributed by atoms with Gasteiger partial charge in [0.25, 0.3) is 0 Å². The van der Waals surface area contributed by atoms with Gasteiger partial charge in [0.05, 0.1) is 5.02 Å². The van der Waals surface area contributed by atoms with Crippen molar-refractivity contribution in [3.8, 4) is 5.75 Å². The third kappa shape index (κ3) is 4.62. The Bertz CT molecular complexity index is 683. The maximum Gasteiger partial charge on any atom is 0.328 e. The van der Waals surface area contributed by atoms with Crippen molar-refractivity contribution in [1.29, 1.82) is 0 Å². The van der Waals surface area contributed by atoms with Crippen LogP contribution in [-0.2, 0) is 11.4 Å². The van der Waals surface area contributed by atoms with Crippen LogP contribution >= 0.6 is 27.5 Å². The third-order valence-corrected chi connectivity index (χ3v) is 3.51. The van der Waals surface area contributed by atoms with Gasteiger partial charge in [-0.15, -0.1) is 0 Å². The molecule has 0 saturated heterocycles. The van der Waals surface area contributed by atoms with Crippen LogP contribution < -0.4 is 4.74 Å². The predicted octanol–water partition coefficient (Wildman–Crippen LogP) is 4.78. The van der Waals surface area contributed by atoms with E-state index in [4.69, 9.17) is 21.4 Å². The predicted molar refractivity (Wildman–Crippen MR) is 86.6 cm³/mol. The van der Waals surface area contributed by atoms with E-state index in [1.54, 1.807) is 18.2 Å². The Morgan fingerprint density at radius 2 is 2.05 bits per heavy atom. The molecule has 0 unspecified atom stereocenters. The van der Waals surface area contributed by atoms with Gasteiger partial charge in [-0.1, -0.05) is 45.7 Å². The highest BCUT2D eigenvalue weighted by Crippen LogP contribution is 2.28. The summed E-state index contributed by atoms with van der Waals surface area (Å²) in [5, 5.41) is 9.16. The zero-order chi connectivity index (χ0) is 15.2. The van der Waals surface area contributed by atoms with Crippen molar-refractivity contribution in [2.75, 3.05) is 0 Å². The lowest BCUT2D eigenvalue weighted by atomic mass is 10.2. The summed E-state index contributed by atoms with van der Waals surface area (Å²) < 4.78 is 6.71. The second-order valence-corrected chi connectivity index (χ2v) is 5.56. The average molecular weight is 368 g/mol. The van der Waals surface area contributed by atoms with E-state index in [0.29, 0.717) is 22.9 Å². The zero-order valence-corrected chi connectivity index (χ0v) is 13.3. The number of hydrogen-bond acceptors (Lipinski definition) is 2. The van der Waals surface area contributed by atoms with E-state index in [1.165, 1.54) is 6.08 Å². The molecule has 0 heterocycles. The van der Waals surface area contributed by atoms with Crippen molar-refractivity contribution in [3.63, 3.8) is 0 Å². The number of ether oxygens (including phenoxy) is 1. The van der Waals surface area contributed by atoms with Crippen LogP contribution in [0.25, 0.3) is 6.08 Å². The first kappa shape index (κ1) is 15.6. The number of carboxylic acid groups (broad SMARTS) is 1. The number of carboxylic acids is 1. The topological polar surface area (TPSA) is 46.5 Å². The maximum absolute atomic E-state index is 10.6. The first-order chi connectivity index (χ1) is 10.1. The quantitative estimate of drug-likeness (QED) is 0.774. The van der Waals surface area contributed by atoms with Gasteiger partial charge in [-0.2, -0.15) is 0 Å². The molecule has 0 atom stereocenters. The fourth-order valence-corrected chi connectivity index (χ4v) is 2.42. The lowest BCUT2D eigenvalue weighted by Gasteiger charge is -2.10. The van der Waals surface area contributed by atoms with E-state index < -0.39 is 5.97 Å². The molecule has 0 aliphatic carbocycles. The van der Waals surface area contributed by atoms with Crippen LogP contribution in [0.15, 0.2) is 53.0 Å². The third-order valence-electron chi connectivity index (χ3n) is 2.69. The van der Waals surface area contributed by atoms with Crippen molar-refractivity contribution in [3.05, 3.63) is 69.2 Å². The molecule has 0 aromatic heterocycles. The SMILES string of the molecule is O=C(O)/C=C/c1c(Cl)cccc1OCc1cccc(Br)c1. The maximum atomic E-state index is 10.6. The number of hydrogen-bond donors (Lipinski definition) is 1. The highest BCUT2D eigenvalue weighted by molar-refractivity contribution is 9.10. The standard InChI is InChI=1S/C16H12BrClO3/c17-12-4-1-3-11(9-12)10-21-15-6-2-5-14(18)13(15)7-8-16(19)20/h1-9H,10H2,(H,19,20)/b8-7+. The van der Waals surface area contributed by atoms with Gasteiger partial charge in [0.1, 0.15) is 12.4 Å². The number of carbonyl (C=O) groups is 1. The minimum absolute atomic E-state index is 0.369. The van der Waals surface area contributed by atoms with E-state index in [0.717, 1.165) is 16.1 Å². The largest absolute Gasteiger partial charge is 0.488 e. The van der Waals surface area contributed by atoms with Crippen LogP contribution in [0.4, 0.5) is 0 Å². The zero-order valence-electron chi connectivity index (χ0n) is 10.9. The summed E-state index contributed by atoms with van der Waals surface area (Å²) in [6, 6.07) is 13.0. The highest BCUT2D eigenvalue weighted by Gasteiger charge is 2.06. The summed E-state index contributed by atoms with van der Waals surface area (Å²) in [6.07, 6.45) is 2.47. The van der Waals surface area contributed by atoms with E-state index in [1.807, 2.05) is 24.3 Å². The van der Waals surface area contributed by atoms with E-state index in [9.17, 15) is 4.79 Å². The molecule has 21 heavy (non-hydrogen) atoms. The summed E-state index contributed by atoms with van der Waals surface area (Å²) in [6.45, 7) is 0.369. The second kappa shape index (κ2) is 7.29. The molecule has 0 aliphatic heterocycles. The molecule has 0 spiro atoms. The average Bonchev–Trinajstić information content (AvgIpc) is 2.44. The molecular formula is C16H12BrClO3. The van der Waals surface area contributed by atoms with E-state index in [2.05, 4.69) is 15.9 Å². The smallest absolute Gasteiger partial charge is 0.328 e. The molecule has 0 saturated carbocycles. The molecule has 0 bridgehead atoms. The van der Waals surface area contributed by atoms with Crippen LogP contribution in [0, 0.1) is 0 Å². The van der Waals surface area contributed by atoms with Gasteiger partial charge in [0.15, 0.2) is 0 Å². The van der Waals surface area contributed by atoms with Crippen molar-refractivity contribution in [2.24, 2.45) is 0 Å². The van der Waals surface area contributed by atoms with Crippen LogP contribution in [-0.4, -0.2) is 11.1 Å². The Morgan fingerprint density at radius 1 is 1.29 bits per heavy atom. The van der Waals surface area contributed by atoms with Crippen LogP contribution in [0.1, 0.15) is 11.1 Å². The first-order valence-electron chi connectivity index (χ1n) is 6.13. The van der Waals surface area contributed by atoms with Gasteiger partial charge < -0.3 is 9.84 Å². The molecule has 2 aromatic carbocycles. The number of halogens is 2. The Hall–Kier alpha value is -1.78. The summed E-state index contributed by atoms with van der Waals surface area (Å²) in [7, 11) is 0.